The summed E-state index contributed by atoms with van der Waals surface area (Å²) in [6, 6.07) is 7.98. The molecule has 1 heterocycles. The molecule has 1 aromatic carbocycles. The molecule has 1 aliphatic heterocycles. The minimum Gasteiger partial charge on any atom is -0.490 e. The molecule has 3 rings (SSSR count). The average Bonchev–Trinajstić information content (AvgIpc) is 3.11. The Kier molecular flexibility index (Phi) is 3.05. The van der Waals surface area contributed by atoms with E-state index in [0.29, 0.717) is 6.10 Å². The molecule has 0 aromatic heterocycles. The Morgan fingerprint density at radius 3 is 2.59 bits per heavy atom. The first-order chi connectivity index (χ1) is 8.26. The molecule has 1 unspecified atom stereocenters. The topological polar surface area (TPSA) is 29.5 Å². The number of aliphatic hydroxyl groups is 1. The van der Waals surface area contributed by atoms with Crippen molar-refractivity contribution in [2.45, 2.75) is 37.4 Å². The maximum Gasteiger partial charge on any atom is 0.119 e. The molecule has 0 radical (unpaired) electrons. The zero-order chi connectivity index (χ0) is 11.7. The van der Waals surface area contributed by atoms with Crippen LogP contribution >= 0.6 is 11.8 Å². The molecule has 0 spiro atoms. The van der Waals surface area contributed by atoms with Crippen molar-refractivity contribution in [3.63, 3.8) is 0 Å². The quantitative estimate of drug-likeness (QED) is 0.894. The summed E-state index contributed by atoms with van der Waals surface area (Å²) in [5.74, 6) is 3.31. The summed E-state index contributed by atoms with van der Waals surface area (Å²) in [5.41, 5.74) is 0.502. The molecular weight excluding hydrogens is 232 g/mol. The number of rotatable bonds is 3. The third kappa shape index (κ3) is 2.61. The van der Waals surface area contributed by atoms with E-state index in [1.54, 1.807) is 0 Å². The molecule has 2 aliphatic rings. The third-order valence-corrected chi connectivity index (χ3v) is 4.72. The lowest BCUT2D eigenvalue weighted by Gasteiger charge is -2.22. The van der Waals surface area contributed by atoms with Crippen LogP contribution in [0.25, 0.3) is 0 Å². The van der Waals surface area contributed by atoms with E-state index >= 15 is 0 Å². The van der Waals surface area contributed by atoms with Crippen molar-refractivity contribution in [1.29, 1.82) is 0 Å². The van der Waals surface area contributed by atoms with Gasteiger partial charge in [0, 0.05) is 5.75 Å². The zero-order valence-electron chi connectivity index (χ0n) is 9.89. The van der Waals surface area contributed by atoms with E-state index in [0.717, 1.165) is 29.9 Å². The van der Waals surface area contributed by atoms with Gasteiger partial charge in [-0.15, -0.1) is 0 Å². The molecule has 3 heteroatoms. The monoisotopic (exact) mass is 250 g/mol. The van der Waals surface area contributed by atoms with Crippen molar-refractivity contribution in [2.24, 2.45) is 0 Å². The van der Waals surface area contributed by atoms with Gasteiger partial charge in [0.15, 0.2) is 0 Å². The Bertz CT molecular complexity index is 378. The maximum atomic E-state index is 9.97. The van der Waals surface area contributed by atoms with E-state index in [2.05, 4.69) is 0 Å². The summed E-state index contributed by atoms with van der Waals surface area (Å²) in [6.45, 7) is 0. The predicted octanol–water partition coefficient (Wildman–Crippen LogP) is 2.94. The van der Waals surface area contributed by atoms with Gasteiger partial charge in [-0.25, -0.2) is 0 Å². The van der Waals surface area contributed by atoms with Crippen molar-refractivity contribution >= 4 is 11.8 Å². The average molecular weight is 250 g/mol. The second kappa shape index (κ2) is 4.54. The summed E-state index contributed by atoms with van der Waals surface area (Å²) < 4.78 is 5.94. The SMILES string of the molecule is OC1(c2ccc(OC3CCCSC3)cc2)CC1. The van der Waals surface area contributed by atoms with Crippen LogP contribution in [0.4, 0.5) is 0 Å². The Labute approximate surface area is 106 Å². The van der Waals surface area contributed by atoms with Gasteiger partial charge in [-0.05, 0) is 49.1 Å². The molecule has 1 saturated heterocycles. The molecule has 17 heavy (non-hydrogen) atoms. The predicted molar refractivity (Wildman–Crippen MR) is 70.5 cm³/mol. The first kappa shape index (κ1) is 11.4. The Balaban J connectivity index is 1.63. The fraction of sp³-hybridized carbons (Fsp3) is 0.571. The second-order valence-corrected chi connectivity index (χ2v) is 6.16. The van der Waals surface area contributed by atoms with Crippen LogP contribution in [0.5, 0.6) is 5.75 Å². The summed E-state index contributed by atoms with van der Waals surface area (Å²) in [6.07, 6.45) is 4.58. The number of hydrogen-bond acceptors (Lipinski definition) is 3. The highest BCUT2D eigenvalue weighted by Gasteiger charge is 2.41. The minimum absolute atomic E-state index is 0.364. The van der Waals surface area contributed by atoms with Gasteiger partial charge in [-0.1, -0.05) is 12.1 Å². The summed E-state index contributed by atoms with van der Waals surface area (Å²) in [5, 5.41) is 9.97. The van der Waals surface area contributed by atoms with E-state index in [1.807, 2.05) is 36.0 Å². The van der Waals surface area contributed by atoms with Gasteiger partial charge < -0.3 is 9.84 Å². The van der Waals surface area contributed by atoms with Crippen LogP contribution in [0.15, 0.2) is 24.3 Å². The van der Waals surface area contributed by atoms with E-state index in [1.165, 1.54) is 18.6 Å². The van der Waals surface area contributed by atoms with Gasteiger partial charge in [0.05, 0.1) is 5.60 Å². The summed E-state index contributed by atoms with van der Waals surface area (Å²) in [7, 11) is 0. The molecule has 1 aromatic rings. The minimum atomic E-state index is -0.529. The maximum absolute atomic E-state index is 9.97. The molecular formula is C14H18O2S. The molecule has 2 nitrogen and oxygen atoms in total. The molecule has 92 valence electrons. The lowest BCUT2D eigenvalue weighted by molar-refractivity contribution is 0.151. The first-order valence-electron chi connectivity index (χ1n) is 6.34. The van der Waals surface area contributed by atoms with Crippen molar-refractivity contribution in [3.05, 3.63) is 29.8 Å². The number of hydrogen-bond donors (Lipinski definition) is 1. The Morgan fingerprint density at radius 2 is 2.00 bits per heavy atom. The molecule has 1 N–H and O–H groups in total. The standard InChI is InChI=1S/C14H18O2S/c15-14(7-8-14)11-3-5-12(6-4-11)16-13-2-1-9-17-10-13/h3-6,13,15H,1-2,7-10H2. The van der Waals surface area contributed by atoms with Crippen LogP contribution in [0.2, 0.25) is 0 Å². The normalized spacial score (nSPS) is 26.5. The van der Waals surface area contributed by atoms with Crippen LogP contribution in [0.3, 0.4) is 0 Å². The summed E-state index contributed by atoms with van der Waals surface area (Å²) >= 11 is 1.97. The highest BCUT2D eigenvalue weighted by Crippen LogP contribution is 2.45. The number of ether oxygens (including phenoxy) is 1. The Morgan fingerprint density at radius 1 is 1.24 bits per heavy atom. The zero-order valence-corrected chi connectivity index (χ0v) is 10.7. The number of benzene rings is 1. The molecule has 0 amide bonds. The number of thioether (sulfide) groups is 1. The molecule has 1 aliphatic carbocycles. The molecule has 1 saturated carbocycles. The van der Waals surface area contributed by atoms with Gasteiger partial charge in [0.1, 0.15) is 11.9 Å². The molecule has 2 fully saturated rings. The fourth-order valence-electron chi connectivity index (χ4n) is 2.25. The van der Waals surface area contributed by atoms with Crippen molar-refractivity contribution in [1.82, 2.24) is 0 Å². The van der Waals surface area contributed by atoms with Crippen LogP contribution in [-0.4, -0.2) is 22.7 Å². The van der Waals surface area contributed by atoms with Gasteiger partial charge in [0.2, 0.25) is 0 Å². The van der Waals surface area contributed by atoms with Gasteiger partial charge in [-0.3, -0.25) is 0 Å². The lowest BCUT2D eigenvalue weighted by Crippen LogP contribution is -2.23. The van der Waals surface area contributed by atoms with Crippen LogP contribution < -0.4 is 4.74 Å². The summed E-state index contributed by atoms with van der Waals surface area (Å²) in [4.78, 5) is 0. The highest BCUT2D eigenvalue weighted by molar-refractivity contribution is 7.99. The van der Waals surface area contributed by atoms with Gasteiger partial charge in [0.25, 0.3) is 0 Å². The van der Waals surface area contributed by atoms with E-state index in [9.17, 15) is 5.11 Å². The van der Waals surface area contributed by atoms with E-state index in [4.69, 9.17) is 4.74 Å². The van der Waals surface area contributed by atoms with E-state index < -0.39 is 5.60 Å². The van der Waals surface area contributed by atoms with Crippen molar-refractivity contribution in [2.75, 3.05) is 11.5 Å². The van der Waals surface area contributed by atoms with Crippen LogP contribution in [0, 0.1) is 0 Å². The van der Waals surface area contributed by atoms with Gasteiger partial charge >= 0.3 is 0 Å². The van der Waals surface area contributed by atoms with Crippen molar-refractivity contribution < 1.29 is 9.84 Å². The van der Waals surface area contributed by atoms with E-state index in [-0.39, 0.29) is 0 Å². The van der Waals surface area contributed by atoms with Crippen LogP contribution in [-0.2, 0) is 5.60 Å². The third-order valence-electron chi connectivity index (χ3n) is 3.54. The molecule has 1 atom stereocenters. The largest absolute Gasteiger partial charge is 0.490 e. The lowest BCUT2D eigenvalue weighted by atomic mass is 10.1. The molecule has 0 bridgehead atoms. The Hall–Kier alpha value is -0.670. The first-order valence-corrected chi connectivity index (χ1v) is 7.49. The highest BCUT2D eigenvalue weighted by atomic mass is 32.2. The second-order valence-electron chi connectivity index (χ2n) is 5.01. The van der Waals surface area contributed by atoms with Crippen molar-refractivity contribution in [3.8, 4) is 5.75 Å². The van der Waals surface area contributed by atoms with Gasteiger partial charge in [-0.2, -0.15) is 11.8 Å². The smallest absolute Gasteiger partial charge is 0.119 e. The fourth-order valence-corrected chi connectivity index (χ4v) is 3.28. The van der Waals surface area contributed by atoms with Crippen LogP contribution in [0.1, 0.15) is 31.2 Å².